The summed E-state index contributed by atoms with van der Waals surface area (Å²) in [5.74, 6) is 1.12. The SMILES string of the molecule is C=CC(=O)N1CCN(c2nc(OC)nc3cc(C=C/C(C)=C\C(N)=NC)c(Cl)cc23)CC1. The summed E-state index contributed by atoms with van der Waals surface area (Å²) in [5, 5.41) is 1.40. The second-order valence-corrected chi connectivity index (χ2v) is 7.72. The molecular weight excluding hydrogens is 428 g/mol. The lowest BCUT2D eigenvalue weighted by Crippen LogP contribution is -2.48. The summed E-state index contributed by atoms with van der Waals surface area (Å²) in [7, 11) is 3.18. The van der Waals surface area contributed by atoms with Gasteiger partial charge in [0, 0.05) is 43.6 Å². The van der Waals surface area contributed by atoms with Crippen molar-refractivity contribution in [3.8, 4) is 6.01 Å². The predicted molar refractivity (Wildman–Crippen MR) is 130 cm³/mol. The van der Waals surface area contributed by atoms with Crippen LogP contribution in [0.25, 0.3) is 17.0 Å². The van der Waals surface area contributed by atoms with E-state index in [4.69, 9.17) is 22.1 Å². The van der Waals surface area contributed by atoms with Crippen LogP contribution in [0.4, 0.5) is 5.82 Å². The Labute approximate surface area is 192 Å². The lowest BCUT2D eigenvalue weighted by molar-refractivity contribution is -0.126. The third-order valence-electron chi connectivity index (χ3n) is 5.18. The van der Waals surface area contributed by atoms with Crippen molar-refractivity contribution in [2.45, 2.75) is 6.92 Å². The number of allylic oxidation sites excluding steroid dienone is 2. The molecule has 9 heteroatoms. The number of nitrogens with two attached hydrogens (primary N) is 1. The maximum absolute atomic E-state index is 11.9. The Bertz CT molecular complexity index is 1120. The van der Waals surface area contributed by atoms with Gasteiger partial charge in [0.05, 0.1) is 12.6 Å². The van der Waals surface area contributed by atoms with Crippen LogP contribution in [0, 0.1) is 0 Å². The molecule has 0 spiro atoms. The van der Waals surface area contributed by atoms with Gasteiger partial charge in [-0.25, -0.2) is 0 Å². The second kappa shape index (κ2) is 10.3. The number of amides is 1. The molecule has 2 N–H and O–H groups in total. The number of hydrogen-bond donors (Lipinski definition) is 1. The number of nitrogens with zero attached hydrogens (tertiary/aromatic N) is 5. The van der Waals surface area contributed by atoms with E-state index in [1.54, 1.807) is 18.0 Å². The molecule has 3 rings (SSSR count). The van der Waals surface area contributed by atoms with Crippen LogP contribution in [0.5, 0.6) is 6.01 Å². The van der Waals surface area contributed by atoms with Gasteiger partial charge >= 0.3 is 6.01 Å². The van der Waals surface area contributed by atoms with Gasteiger partial charge in [0.25, 0.3) is 0 Å². The zero-order chi connectivity index (χ0) is 23.3. The molecule has 1 aromatic carbocycles. The summed E-state index contributed by atoms with van der Waals surface area (Å²) in [4.78, 5) is 28.8. The number of carbonyl (C=O) groups excluding carboxylic acids is 1. The number of hydrogen-bond acceptors (Lipinski definition) is 6. The molecule has 1 aliphatic heterocycles. The molecule has 2 heterocycles. The highest BCUT2D eigenvalue weighted by molar-refractivity contribution is 6.33. The van der Waals surface area contributed by atoms with Gasteiger partial charge in [-0.05, 0) is 42.3 Å². The Morgan fingerprint density at radius 2 is 2.00 bits per heavy atom. The topological polar surface area (TPSA) is 96.9 Å². The van der Waals surface area contributed by atoms with Gasteiger partial charge < -0.3 is 20.3 Å². The Balaban J connectivity index is 1.96. The van der Waals surface area contributed by atoms with Gasteiger partial charge in [-0.3, -0.25) is 9.79 Å². The van der Waals surface area contributed by atoms with Gasteiger partial charge in [0.15, 0.2) is 0 Å². The number of halogens is 1. The summed E-state index contributed by atoms with van der Waals surface area (Å²) in [6.07, 6.45) is 6.95. The fraction of sp³-hybridized carbons (Fsp3) is 0.304. The molecule has 1 amide bonds. The molecule has 1 fully saturated rings. The van der Waals surface area contributed by atoms with E-state index in [-0.39, 0.29) is 11.9 Å². The number of carbonyl (C=O) groups is 1. The monoisotopic (exact) mass is 454 g/mol. The van der Waals surface area contributed by atoms with Gasteiger partial charge in [0.1, 0.15) is 11.7 Å². The zero-order valence-electron chi connectivity index (χ0n) is 18.5. The number of rotatable bonds is 6. The van der Waals surface area contributed by atoms with Crippen LogP contribution in [0.3, 0.4) is 0 Å². The van der Waals surface area contributed by atoms with Crippen LogP contribution in [0.1, 0.15) is 12.5 Å². The van der Waals surface area contributed by atoms with Crippen molar-refractivity contribution in [3.05, 3.63) is 53.1 Å². The van der Waals surface area contributed by atoms with Gasteiger partial charge in [-0.15, -0.1) is 0 Å². The van der Waals surface area contributed by atoms with Crippen LogP contribution in [-0.4, -0.2) is 66.9 Å². The molecular formula is C23H27ClN6O2. The minimum atomic E-state index is -0.0643. The van der Waals surface area contributed by atoms with Crippen molar-refractivity contribution in [2.75, 3.05) is 45.2 Å². The summed E-state index contributed by atoms with van der Waals surface area (Å²) < 4.78 is 5.34. The molecule has 32 heavy (non-hydrogen) atoms. The summed E-state index contributed by atoms with van der Waals surface area (Å²) in [6.45, 7) is 7.94. The fourth-order valence-corrected chi connectivity index (χ4v) is 3.65. The average Bonchev–Trinajstić information content (AvgIpc) is 2.81. The van der Waals surface area contributed by atoms with E-state index in [1.165, 1.54) is 13.2 Å². The number of fused-ring (bicyclic) bond motifs is 1. The van der Waals surface area contributed by atoms with Gasteiger partial charge in [-0.1, -0.05) is 30.3 Å². The molecule has 0 aliphatic carbocycles. The number of aromatic nitrogens is 2. The lowest BCUT2D eigenvalue weighted by Gasteiger charge is -2.35. The molecule has 0 bridgehead atoms. The van der Waals surface area contributed by atoms with E-state index < -0.39 is 0 Å². The molecule has 0 atom stereocenters. The molecule has 0 unspecified atom stereocenters. The van der Waals surface area contributed by atoms with Crippen molar-refractivity contribution >= 4 is 46.1 Å². The molecule has 1 aromatic heterocycles. The highest BCUT2D eigenvalue weighted by atomic mass is 35.5. The largest absolute Gasteiger partial charge is 0.467 e. The smallest absolute Gasteiger partial charge is 0.318 e. The molecule has 2 aromatic rings. The first-order valence-corrected chi connectivity index (χ1v) is 10.5. The molecule has 1 aliphatic rings. The van der Waals surface area contributed by atoms with Crippen LogP contribution >= 0.6 is 11.6 Å². The Kier molecular flexibility index (Phi) is 7.48. The van der Waals surface area contributed by atoms with Crippen LogP contribution < -0.4 is 15.4 Å². The second-order valence-electron chi connectivity index (χ2n) is 7.31. The highest BCUT2D eigenvalue weighted by Crippen LogP contribution is 2.32. The number of amidine groups is 1. The number of methoxy groups -OCH3 is 1. The van der Waals surface area contributed by atoms with E-state index in [0.29, 0.717) is 37.0 Å². The van der Waals surface area contributed by atoms with Gasteiger partial charge in [-0.2, -0.15) is 9.97 Å². The minimum absolute atomic E-state index is 0.0643. The number of anilines is 1. The van der Waals surface area contributed by atoms with Crippen molar-refractivity contribution in [1.29, 1.82) is 0 Å². The lowest BCUT2D eigenvalue weighted by atomic mass is 10.1. The molecule has 8 nitrogen and oxygen atoms in total. The molecule has 0 saturated carbocycles. The molecule has 0 radical (unpaired) electrons. The van der Waals surface area contributed by atoms with E-state index in [1.807, 2.05) is 31.2 Å². The zero-order valence-corrected chi connectivity index (χ0v) is 19.3. The quantitative estimate of drug-likeness (QED) is 0.312. The number of benzene rings is 1. The number of piperazine rings is 1. The van der Waals surface area contributed by atoms with Crippen molar-refractivity contribution in [3.63, 3.8) is 0 Å². The van der Waals surface area contributed by atoms with Gasteiger partial charge in [0.2, 0.25) is 5.91 Å². The minimum Gasteiger partial charge on any atom is -0.467 e. The fourth-order valence-electron chi connectivity index (χ4n) is 3.42. The van der Waals surface area contributed by atoms with Crippen molar-refractivity contribution in [2.24, 2.45) is 10.7 Å². The third kappa shape index (κ3) is 5.26. The molecule has 1 saturated heterocycles. The van der Waals surface area contributed by atoms with Crippen LogP contribution in [-0.2, 0) is 4.79 Å². The van der Waals surface area contributed by atoms with E-state index in [0.717, 1.165) is 27.9 Å². The summed E-state index contributed by atoms with van der Waals surface area (Å²) >= 11 is 6.60. The Morgan fingerprint density at radius 3 is 2.62 bits per heavy atom. The Morgan fingerprint density at radius 1 is 1.28 bits per heavy atom. The first kappa shape index (κ1) is 23.3. The average molecular weight is 455 g/mol. The Hall–Kier alpha value is -3.39. The summed E-state index contributed by atoms with van der Waals surface area (Å²) in [5.41, 5.74) is 8.22. The van der Waals surface area contributed by atoms with Crippen molar-refractivity contribution in [1.82, 2.24) is 14.9 Å². The maximum Gasteiger partial charge on any atom is 0.318 e. The van der Waals surface area contributed by atoms with E-state index >= 15 is 0 Å². The third-order valence-corrected chi connectivity index (χ3v) is 5.51. The molecule has 168 valence electrons. The predicted octanol–water partition coefficient (Wildman–Crippen LogP) is 3.07. The van der Waals surface area contributed by atoms with Crippen LogP contribution in [0.15, 0.2) is 47.5 Å². The number of aliphatic imine (C=N–C) groups is 1. The highest BCUT2D eigenvalue weighted by Gasteiger charge is 2.23. The standard InChI is InChI=1S/C23H27ClN6O2/c1-5-21(31)29-8-10-30(11-9-29)22-17-14-18(24)16(7-6-15(2)12-20(25)26-3)13-19(17)27-23(28-22)32-4/h5-7,12-14H,1,8-11H2,2-4H3,(H2,25,26)/b7-6?,15-12-. The first-order chi connectivity index (χ1) is 15.4. The normalized spacial score (nSPS) is 15.5. The van der Waals surface area contributed by atoms with E-state index in [9.17, 15) is 4.79 Å². The van der Waals surface area contributed by atoms with Crippen LogP contribution in [0.2, 0.25) is 5.02 Å². The van der Waals surface area contributed by atoms with E-state index in [2.05, 4.69) is 26.4 Å². The van der Waals surface area contributed by atoms with Crippen molar-refractivity contribution < 1.29 is 9.53 Å². The summed E-state index contributed by atoms with van der Waals surface area (Å²) in [6, 6.07) is 4.05. The first-order valence-electron chi connectivity index (χ1n) is 10.2. The number of ether oxygens (including phenoxy) is 1. The maximum atomic E-state index is 11.9.